The number of nitrogens with zero attached hydrogens (tertiary/aromatic N) is 3. The number of sulfone groups is 1. The molecule has 0 aromatic heterocycles. The molecule has 12 nitrogen and oxygen atoms in total. The fourth-order valence-electron chi connectivity index (χ4n) is 11.6. The average Bonchev–Trinajstić information content (AvgIpc) is 0.926. The van der Waals surface area contributed by atoms with Crippen LogP contribution >= 0.6 is 23.4 Å². The maximum Gasteiger partial charge on any atom is 0.501 e. The number of aliphatic hydroxyl groups excluding tert-OH is 1. The van der Waals surface area contributed by atoms with Crippen molar-refractivity contribution in [3.63, 3.8) is 0 Å². The third kappa shape index (κ3) is 15.2. The topological polar surface area (TPSA) is 149 Å². The number of aliphatic hydroxyl groups is 1. The van der Waals surface area contributed by atoms with Gasteiger partial charge in [-0.25, -0.2) is 25.9 Å². The zero-order valence-electron chi connectivity index (χ0n) is 48.2. The quantitative estimate of drug-likeness (QED) is 0.0318. The maximum atomic E-state index is 15.2. The zero-order valence-corrected chi connectivity index (χ0v) is 52.4. The number of sulfonamides is 1. The SMILES string of the molecule is CC(C)(C)[Si](OC(CF)CN1CCN(CC[C@H](CSc2ccccc2)Nc2ccc(S(=O)(=O)NC(=O)c3ccc(N4CCC([C@@H](O)c5ccccc5-c5ccc(Cl)cc5)CC4)cc3)cc2S(=O)(=O)C(F)(F)F)CC1)(c1ccccc1)c1ccccc1. The first kappa shape index (κ1) is 64.4. The van der Waals surface area contributed by atoms with Crippen molar-refractivity contribution in [2.45, 2.75) is 83.5 Å². The van der Waals surface area contributed by atoms with Gasteiger partial charge in [0.15, 0.2) is 0 Å². The summed E-state index contributed by atoms with van der Waals surface area (Å²) in [5.74, 6) is -0.819. The van der Waals surface area contributed by atoms with Gasteiger partial charge in [-0.2, -0.15) is 13.2 Å². The molecule has 3 N–H and O–H groups in total. The van der Waals surface area contributed by atoms with Gasteiger partial charge in [-0.05, 0) is 124 Å². The monoisotopic (exact) mass is 1270 g/mol. The number of alkyl halides is 4. The predicted molar refractivity (Wildman–Crippen MR) is 338 cm³/mol. The molecular weight excluding hydrogens is 1200 g/mol. The van der Waals surface area contributed by atoms with Crippen molar-refractivity contribution in [1.82, 2.24) is 14.5 Å². The zero-order chi connectivity index (χ0) is 61.3. The molecule has 2 saturated heterocycles. The number of piperazine rings is 1. The number of rotatable bonds is 23. The van der Waals surface area contributed by atoms with Gasteiger partial charge in [0.1, 0.15) is 11.6 Å². The van der Waals surface area contributed by atoms with Crippen molar-refractivity contribution in [3.8, 4) is 11.1 Å². The highest BCUT2D eigenvalue weighted by molar-refractivity contribution is 7.99. The number of benzene rings is 7. The Morgan fingerprint density at radius 2 is 1.30 bits per heavy atom. The van der Waals surface area contributed by atoms with Crippen molar-refractivity contribution >= 4 is 79.2 Å². The fourth-order valence-corrected chi connectivity index (χ4v) is 19.4. The van der Waals surface area contributed by atoms with Crippen LogP contribution in [0.5, 0.6) is 0 Å². The van der Waals surface area contributed by atoms with Crippen LogP contribution in [0.1, 0.15) is 62.1 Å². The molecule has 0 aliphatic carbocycles. The molecule has 0 spiro atoms. The van der Waals surface area contributed by atoms with Gasteiger partial charge in [-0.1, -0.05) is 148 Å². The molecular formula is C65H72ClF4N5O7S3Si. The smallest absolute Gasteiger partial charge is 0.400 e. The molecule has 3 atom stereocenters. The lowest BCUT2D eigenvalue weighted by Crippen LogP contribution is -2.68. The summed E-state index contributed by atoms with van der Waals surface area (Å²) in [6.45, 7) is 10.2. The fraction of sp³-hybridized carbons (Fsp3) is 0.338. The Morgan fingerprint density at radius 3 is 1.88 bits per heavy atom. The van der Waals surface area contributed by atoms with Gasteiger partial charge in [0.25, 0.3) is 34.1 Å². The summed E-state index contributed by atoms with van der Waals surface area (Å²) in [5, 5.41) is 17.0. The minimum atomic E-state index is -6.16. The van der Waals surface area contributed by atoms with Crippen LogP contribution < -0.4 is 25.3 Å². The maximum absolute atomic E-state index is 15.2. The average molecular weight is 1270 g/mol. The first-order chi connectivity index (χ1) is 41.1. The van der Waals surface area contributed by atoms with Crippen LogP contribution in [-0.2, 0) is 24.3 Å². The Morgan fingerprint density at radius 1 is 0.733 bits per heavy atom. The van der Waals surface area contributed by atoms with Crippen molar-refractivity contribution in [2.75, 3.05) is 75.0 Å². The van der Waals surface area contributed by atoms with Gasteiger partial charge >= 0.3 is 5.51 Å². The second-order valence-electron chi connectivity index (χ2n) is 22.9. The number of nitrogens with one attached hydrogen (secondary N) is 2. The summed E-state index contributed by atoms with van der Waals surface area (Å²) in [6.07, 6.45) is 0.245. The molecule has 7 aromatic carbocycles. The Bertz CT molecular complexity index is 3560. The molecule has 2 aliphatic rings. The number of thioether (sulfide) groups is 1. The van der Waals surface area contributed by atoms with Gasteiger partial charge in [-0.3, -0.25) is 9.69 Å². The van der Waals surface area contributed by atoms with Crippen LogP contribution in [0.25, 0.3) is 11.1 Å². The number of halogens is 5. The molecule has 2 aliphatic heterocycles. The Labute approximate surface area is 513 Å². The van der Waals surface area contributed by atoms with Gasteiger partial charge in [0.2, 0.25) is 0 Å². The number of carbonyl (C=O) groups excluding carboxylic acids is 1. The van der Waals surface area contributed by atoms with E-state index in [2.05, 4.69) is 65.1 Å². The summed E-state index contributed by atoms with van der Waals surface area (Å²) in [5.41, 5.74) is -2.89. The normalized spacial score (nSPS) is 16.3. The lowest BCUT2D eigenvalue weighted by Gasteiger charge is -2.46. The van der Waals surface area contributed by atoms with Crippen LogP contribution in [0, 0.1) is 5.92 Å². The number of hydrogen-bond acceptors (Lipinski definition) is 12. The summed E-state index contributed by atoms with van der Waals surface area (Å²) >= 11 is 7.55. The highest BCUT2D eigenvalue weighted by Crippen LogP contribution is 2.41. The molecule has 1 unspecified atom stereocenters. The molecule has 9 rings (SSSR count). The Hall–Kier alpha value is -6.07. The largest absolute Gasteiger partial charge is 0.501 e. The summed E-state index contributed by atoms with van der Waals surface area (Å²) in [4.78, 5) is 18.7. The van der Waals surface area contributed by atoms with E-state index in [4.69, 9.17) is 16.0 Å². The first-order valence-electron chi connectivity index (χ1n) is 28.7. The third-order valence-corrected chi connectivity index (χ3v) is 25.6. The van der Waals surface area contributed by atoms with E-state index in [1.54, 1.807) is 12.1 Å². The van der Waals surface area contributed by atoms with Gasteiger partial charge in [0.05, 0.1) is 22.8 Å². The molecule has 21 heteroatoms. The van der Waals surface area contributed by atoms with Crippen LogP contribution in [0.4, 0.5) is 28.9 Å². The lowest BCUT2D eigenvalue weighted by atomic mass is 9.84. The third-order valence-electron chi connectivity index (χ3n) is 16.2. The number of carbonyl (C=O) groups is 1. The Kier molecular flexibility index (Phi) is 20.9. The summed E-state index contributed by atoms with van der Waals surface area (Å²) in [7, 11) is -14.1. The molecule has 1 amide bonds. The Balaban J connectivity index is 0.848. The number of anilines is 2. The van der Waals surface area contributed by atoms with E-state index in [0.29, 0.717) is 88.5 Å². The number of piperidine rings is 1. The predicted octanol–water partition coefficient (Wildman–Crippen LogP) is 11.9. The van der Waals surface area contributed by atoms with E-state index in [-0.39, 0.29) is 16.5 Å². The van der Waals surface area contributed by atoms with E-state index >= 15 is 4.39 Å². The van der Waals surface area contributed by atoms with E-state index in [9.17, 15) is 39.9 Å². The van der Waals surface area contributed by atoms with Crippen LogP contribution in [0.15, 0.2) is 197 Å². The van der Waals surface area contributed by atoms with Crippen molar-refractivity contribution in [2.24, 2.45) is 5.92 Å². The summed E-state index contributed by atoms with van der Waals surface area (Å²) < 4.78 is 122. The highest BCUT2D eigenvalue weighted by Gasteiger charge is 2.52. The number of hydrogen-bond donors (Lipinski definition) is 3. The van der Waals surface area contributed by atoms with E-state index < -0.39 is 80.0 Å². The molecule has 2 heterocycles. The molecule has 7 aromatic rings. The van der Waals surface area contributed by atoms with Gasteiger partial charge in [0, 0.05) is 85.3 Å². The van der Waals surface area contributed by atoms with Gasteiger partial charge in [-0.15, -0.1) is 11.8 Å². The van der Waals surface area contributed by atoms with Crippen LogP contribution in [0.2, 0.25) is 10.1 Å². The van der Waals surface area contributed by atoms with Crippen LogP contribution in [-0.4, -0.2) is 128 Å². The molecule has 0 radical (unpaired) electrons. The van der Waals surface area contributed by atoms with Gasteiger partial charge < -0.3 is 24.6 Å². The molecule has 456 valence electrons. The molecule has 2 fully saturated rings. The van der Waals surface area contributed by atoms with E-state index in [1.807, 2.05) is 120 Å². The second-order valence-corrected chi connectivity index (χ2v) is 32.3. The van der Waals surface area contributed by atoms with E-state index in [0.717, 1.165) is 49.8 Å². The molecule has 86 heavy (non-hydrogen) atoms. The summed E-state index contributed by atoms with van der Waals surface area (Å²) in [6, 6.07) is 52.6. The van der Waals surface area contributed by atoms with Crippen molar-refractivity contribution in [1.29, 1.82) is 0 Å². The van der Waals surface area contributed by atoms with Crippen molar-refractivity contribution in [3.05, 3.63) is 198 Å². The van der Waals surface area contributed by atoms with Crippen LogP contribution in [0.3, 0.4) is 0 Å². The first-order valence-corrected chi connectivity index (χ1v) is 34.9. The molecule has 0 bridgehead atoms. The molecule has 0 saturated carbocycles. The minimum Gasteiger partial charge on any atom is -0.400 e. The highest BCUT2D eigenvalue weighted by atomic mass is 35.5. The lowest BCUT2D eigenvalue weighted by molar-refractivity contribution is -0.0436. The minimum absolute atomic E-state index is 0.0366. The second kappa shape index (κ2) is 28.0. The van der Waals surface area contributed by atoms with E-state index in [1.165, 1.54) is 23.9 Å². The van der Waals surface area contributed by atoms with Crippen molar-refractivity contribution < 1.29 is 48.7 Å². The standard InChI is InChI=1S/C65H72ClF4N5O7S3Si/c1-64(2,3)86(56-17-9-5-10-18-56,57-19-11-6-12-20-57)82-53(44-67)45-74-41-39-73(40-42-74)36-35-51(46-83-54-15-7-4-8-16-54)71-60-32-31-55(43-61(60)84(78,79)65(68,69)70)85(80,81)72-63(77)49-25-29-52(30-26-49)75-37-33-48(34-38-75)62(76)59-22-14-13-21-58(59)47-23-27-50(66)28-24-47/h4-32,43,48,51,53,62,71,76H,33-42,44-46H2,1-3H3,(H,72,77)/t51-,53?,62-/m1/s1. The number of amides is 1.